The van der Waals surface area contributed by atoms with Crippen LogP contribution in [0.1, 0.15) is 62.2 Å². The number of nitrogens with one attached hydrogen (secondary N) is 2. The van der Waals surface area contributed by atoms with Crippen molar-refractivity contribution in [1.82, 2.24) is 10.6 Å². The molecule has 40 heavy (non-hydrogen) atoms. The third kappa shape index (κ3) is 11.4. The van der Waals surface area contributed by atoms with E-state index in [4.69, 9.17) is 4.74 Å². The summed E-state index contributed by atoms with van der Waals surface area (Å²) in [6.45, 7) is 8.57. The largest absolute Gasteiger partial charge is 0.508 e. The molecule has 0 heterocycles. The molecule has 0 amide bonds. The summed E-state index contributed by atoms with van der Waals surface area (Å²) in [6, 6.07) is 17.0. The highest BCUT2D eigenvalue weighted by Gasteiger charge is 2.15. The molecule has 0 radical (unpaired) electrons. The summed E-state index contributed by atoms with van der Waals surface area (Å²) in [4.78, 5) is 0. The van der Waals surface area contributed by atoms with Crippen LogP contribution in [0, 0.1) is 0 Å². The summed E-state index contributed by atoms with van der Waals surface area (Å²) < 4.78 is 5.15. The summed E-state index contributed by atoms with van der Waals surface area (Å²) in [5.74, 6) is 0.769. The second kappa shape index (κ2) is 15.4. The van der Waals surface area contributed by atoms with E-state index in [2.05, 4.69) is 17.6 Å². The van der Waals surface area contributed by atoms with E-state index in [1.165, 1.54) is 29.8 Å². The lowest BCUT2D eigenvalue weighted by Crippen LogP contribution is -2.38. The molecule has 8 N–H and O–H groups in total. The Hall–Kier alpha value is -3.34. The maximum Gasteiger partial charge on any atom is 0.121 e. The van der Waals surface area contributed by atoms with Gasteiger partial charge in [-0.2, -0.15) is 0 Å². The number of hydrogen-bond acceptors (Lipinski definition) is 9. The second-order valence-corrected chi connectivity index (χ2v) is 10.9. The van der Waals surface area contributed by atoms with Crippen LogP contribution in [0.2, 0.25) is 0 Å². The van der Waals surface area contributed by atoms with Gasteiger partial charge in [0.2, 0.25) is 0 Å². The Morgan fingerprint density at radius 1 is 0.800 bits per heavy atom. The number of aliphatic hydroxyl groups is 3. The van der Waals surface area contributed by atoms with Gasteiger partial charge in [0, 0.05) is 36.3 Å². The molecular weight excluding hydrogens is 512 g/mol. The molecule has 0 bridgehead atoms. The molecule has 0 aliphatic rings. The maximum atomic E-state index is 10.3. The number of β-amino-alcohol motifs (C(OH)–C–C–N with tert-alkyl or cyclic N) is 1. The van der Waals surface area contributed by atoms with E-state index >= 15 is 0 Å². The number of phenolic OH excluding ortho intramolecular Hbond substituents is 2. The summed E-state index contributed by atoms with van der Waals surface area (Å²) in [7, 11) is 1.64. The van der Waals surface area contributed by atoms with Gasteiger partial charge in [-0.25, -0.2) is 0 Å². The van der Waals surface area contributed by atoms with Gasteiger partial charge in [0.15, 0.2) is 0 Å². The van der Waals surface area contributed by atoms with Crippen LogP contribution in [0.5, 0.6) is 23.0 Å². The number of aliphatic hydroxyl groups excluding tert-OH is 3. The van der Waals surface area contributed by atoms with Crippen molar-refractivity contribution in [2.75, 3.05) is 20.2 Å². The van der Waals surface area contributed by atoms with Gasteiger partial charge in [-0.05, 0) is 87.2 Å². The molecule has 0 aromatic heterocycles. The fraction of sp³-hybridized carbons (Fsp3) is 0.419. The lowest BCUT2D eigenvalue weighted by Gasteiger charge is -2.23. The van der Waals surface area contributed by atoms with Crippen molar-refractivity contribution in [3.05, 3.63) is 82.9 Å². The van der Waals surface area contributed by atoms with E-state index in [1.807, 2.05) is 45.0 Å². The van der Waals surface area contributed by atoms with Gasteiger partial charge in [0.25, 0.3) is 0 Å². The number of hydrogen-bond donors (Lipinski definition) is 8. The van der Waals surface area contributed by atoms with Crippen LogP contribution in [0.25, 0.3) is 0 Å². The van der Waals surface area contributed by atoms with Crippen molar-refractivity contribution in [3.63, 3.8) is 0 Å². The normalized spacial score (nSPS) is 13.6. The molecule has 0 fully saturated rings. The number of benzene rings is 3. The Labute approximate surface area is 236 Å². The van der Waals surface area contributed by atoms with E-state index in [0.29, 0.717) is 29.8 Å². The van der Waals surface area contributed by atoms with Crippen molar-refractivity contribution >= 4 is 0 Å². The Morgan fingerprint density at radius 3 is 1.95 bits per heavy atom. The molecular formula is C31H44N2O7. The third-order valence-electron chi connectivity index (χ3n) is 6.15. The highest BCUT2D eigenvalue weighted by molar-refractivity contribution is 5.38. The van der Waals surface area contributed by atoms with Crippen LogP contribution in [0.3, 0.4) is 0 Å². The van der Waals surface area contributed by atoms with Gasteiger partial charge in [0.1, 0.15) is 23.0 Å². The molecule has 0 saturated carbocycles. The number of rotatable bonds is 11. The highest BCUT2D eigenvalue weighted by Crippen LogP contribution is 2.25. The molecule has 0 aliphatic carbocycles. The van der Waals surface area contributed by atoms with Gasteiger partial charge in [-0.1, -0.05) is 18.2 Å². The fourth-order valence-electron chi connectivity index (χ4n) is 3.89. The van der Waals surface area contributed by atoms with Crippen LogP contribution < -0.4 is 15.4 Å². The second-order valence-electron chi connectivity index (χ2n) is 10.9. The van der Waals surface area contributed by atoms with Crippen molar-refractivity contribution < 1.29 is 35.4 Å². The average molecular weight is 557 g/mol. The van der Waals surface area contributed by atoms with E-state index in [0.717, 1.165) is 12.2 Å². The summed E-state index contributed by atoms with van der Waals surface area (Å²) in [6.07, 6.45) is -0.611. The first-order valence-corrected chi connectivity index (χ1v) is 13.2. The molecule has 9 heteroatoms. The highest BCUT2D eigenvalue weighted by atomic mass is 16.5. The average Bonchev–Trinajstić information content (AvgIpc) is 2.90. The molecule has 220 valence electrons. The van der Waals surface area contributed by atoms with Gasteiger partial charge in [0.05, 0.1) is 25.9 Å². The lowest BCUT2D eigenvalue weighted by atomic mass is 10.0. The van der Waals surface area contributed by atoms with Crippen molar-refractivity contribution in [2.45, 2.75) is 64.5 Å². The van der Waals surface area contributed by atoms with Gasteiger partial charge in [-0.3, -0.25) is 0 Å². The summed E-state index contributed by atoms with van der Waals surface area (Å²) >= 11 is 0. The zero-order valence-electron chi connectivity index (χ0n) is 23.9. The van der Waals surface area contributed by atoms with Gasteiger partial charge < -0.3 is 46.0 Å². The predicted molar refractivity (Wildman–Crippen MR) is 156 cm³/mol. The SMILES string of the molecule is CC(C)(C)NCC(O)c1cc(O)cc(O)c1.COc1ccc(CC(C)NCC(O)c2ccc(O)c(CO)c2)cc1. The smallest absolute Gasteiger partial charge is 0.121 e. The first kappa shape index (κ1) is 32.9. The Kier molecular flexibility index (Phi) is 12.7. The number of methoxy groups -OCH3 is 1. The van der Waals surface area contributed by atoms with Crippen LogP contribution in [-0.4, -0.2) is 62.4 Å². The minimum absolute atomic E-state index is 0.0364. The number of ether oxygens (including phenoxy) is 1. The number of phenols is 3. The molecule has 0 spiro atoms. The van der Waals surface area contributed by atoms with Crippen LogP contribution in [0.15, 0.2) is 60.7 Å². The van der Waals surface area contributed by atoms with Crippen LogP contribution in [0.4, 0.5) is 0 Å². The van der Waals surface area contributed by atoms with Gasteiger partial charge in [-0.15, -0.1) is 0 Å². The van der Waals surface area contributed by atoms with E-state index in [9.17, 15) is 30.6 Å². The monoisotopic (exact) mass is 556 g/mol. The van der Waals surface area contributed by atoms with E-state index < -0.39 is 12.2 Å². The molecule has 3 atom stereocenters. The molecule has 3 aromatic carbocycles. The van der Waals surface area contributed by atoms with Crippen molar-refractivity contribution in [1.29, 1.82) is 0 Å². The maximum absolute atomic E-state index is 10.3. The predicted octanol–water partition coefficient (Wildman–Crippen LogP) is 3.67. The quantitative estimate of drug-likeness (QED) is 0.177. The first-order chi connectivity index (χ1) is 18.8. The molecule has 9 nitrogen and oxygen atoms in total. The zero-order valence-corrected chi connectivity index (χ0v) is 23.9. The van der Waals surface area contributed by atoms with Crippen LogP contribution in [-0.2, 0) is 13.0 Å². The molecule has 0 saturated heterocycles. The zero-order chi connectivity index (χ0) is 29.9. The Bertz CT molecular complexity index is 1160. The summed E-state index contributed by atoms with van der Waals surface area (Å²) in [5, 5.41) is 63.9. The third-order valence-corrected chi connectivity index (χ3v) is 6.15. The lowest BCUT2D eigenvalue weighted by molar-refractivity contribution is 0.162. The minimum Gasteiger partial charge on any atom is -0.508 e. The Morgan fingerprint density at radius 2 is 1.40 bits per heavy atom. The van der Waals surface area contributed by atoms with Crippen molar-refractivity contribution in [2.24, 2.45) is 0 Å². The summed E-state index contributed by atoms with van der Waals surface area (Å²) in [5.41, 5.74) is 2.69. The molecule has 3 rings (SSSR count). The molecule has 3 aromatic rings. The molecule has 3 unspecified atom stereocenters. The standard InChI is InChI=1S/C19H25NO4.C12H19NO3/c1-13(9-14-3-6-17(24-2)7-4-14)20-11-19(23)15-5-8-18(22)16(10-15)12-21;1-12(2,3)13-7-11(16)8-4-9(14)6-10(15)5-8/h3-8,10,13,19-23H,9,11-12H2,1-2H3;4-6,11,13-16H,7H2,1-3H3. The topological polar surface area (TPSA) is 155 Å². The fourth-order valence-corrected chi connectivity index (χ4v) is 3.89. The van der Waals surface area contributed by atoms with Gasteiger partial charge >= 0.3 is 0 Å². The van der Waals surface area contributed by atoms with E-state index in [-0.39, 0.29) is 35.4 Å². The Balaban J connectivity index is 0.000000305. The molecule has 0 aliphatic heterocycles. The van der Waals surface area contributed by atoms with Crippen LogP contribution >= 0.6 is 0 Å². The van der Waals surface area contributed by atoms with Crippen molar-refractivity contribution in [3.8, 4) is 23.0 Å². The minimum atomic E-state index is -0.753. The number of aromatic hydroxyl groups is 3. The van der Waals surface area contributed by atoms with E-state index in [1.54, 1.807) is 19.2 Å². The first-order valence-electron chi connectivity index (χ1n) is 13.2.